The molecule has 0 bridgehead atoms. The number of hydrogen-bond donors (Lipinski definition) is 3. The van der Waals surface area contributed by atoms with Crippen molar-refractivity contribution < 1.29 is 29.3 Å². The average molecular weight is 362 g/mol. The molecule has 3 N–H and O–H groups in total. The van der Waals surface area contributed by atoms with Gasteiger partial charge in [-0.15, -0.1) is 0 Å². The molecule has 3 aliphatic heterocycles. The summed E-state index contributed by atoms with van der Waals surface area (Å²) in [6.45, 7) is 1.78. The van der Waals surface area contributed by atoms with E-state index in [1.54, 1.807) is 20.1 Å². The number of ketones is 2. The zero-order valence-electron chi connectivity index (χ0n) is 14.7. The van der Waals surface area contributed by atoms with E-state index in [4.69, 9.17) is 14.6 Å². The maximum atomic E-state index is 13.1. The Morgan fingerprint density at radius 3 is 2.73 bits per heavy atom. The van der Waals surface area contributed by atoms with Crippen LogP contribution in [-0.4, -0.2) is 78.0 Å². The van der Waals surface area contributed by atoms with Crippen molar-refractivity contribution in [2.45, 2.75) is 24.7 Å². The molecule has 26 heavy (non-hydrogen) atoms. The second-order valence-electron chi connectivity index (χ2n) is 6.89. The molecule has 4 atom stereocenters. The van der Waals surface area contributed by atoms with E-state index in [0.29, 0.717) is 12.2 Å². The molecule has 8 heteroatoms. The molecule has 0 aromatic rings. The summed E-state index contributed by atoms with van der Waals surface area (Å²) >= 11 is 0. The van der Waals surface area contributed by atoms with Gasteiger partial charge in [-0.3, -0.25) is 9.59 Å². The fraction of sp³-hybridized carbons (Fsp3) is 0.556. The fourth-order valence-corrected chi connectivity index (χ4v) is 4.57. The lowest BCUT2D eigenvalue weighted by Gasteiger charge is -2.39. The van der Waals surface area contributed by atoms with Crippen LogP contribution in [0.15, 0.2) is 34.8 Å². The van der Waals surface area contributed by atoms with Crippen LogP contribution in [0, 0.1) is 5.92 Å². The van der Waals surface area contributed by atoms with E-state index in [0.717, 1.165) is 0 Å². The standard InChI is InChI=1S/C18H22N2O6/c1-9-14(23)13-12(15(24)16(9)26-6-4-3-5-21)10(8-22)18(25-2)17-11(19-17)7-20(13)18/h3-4,10-11,17,19,21-22H,5-8H2,1-2H3. The Kier molecular flexibility index (Phi) is 4.03. The van der Waals surface area contributed by atoms with E-state index in [1.165, 1.54) is 6.08 Å². The van der Waals surface area contributed by atoms with Gasteiger partial charge in [-0.25, -0.2) is 0 Å². The van der Waals surface area contributed by atoms with Gasteiger partial charge < -0.3 is 29.9 Å². The highest BCUT2D eigenvalue weighted by atomic mass is 16.5. The van der Waals surface area contributed by atoms with E-state index in [1.807, 2.05) is 4.90 Å². The molecule has 2 fully saturated rings. The Morgan fingerprint density at radius 1 is 1.31 bits per heavy atom. The number of ether oxygens (including phenoxy) is 2. The lowest BCUT2D eigenvalue weighted by Crippen LogP contribution is -2.54. The van der Waals surface area contributed by atoms with Crippen LogP contribution in [-0.2, 0) is 19.1 Å². The summed E-state index contributed by atoms with van der Waals surface area (Å²) in [7, 11) is 1.54. The molecule has 140 valence electrons. The number of aliphatic hydroxyl groups excluding tert-OH is 2. The second-order valence-corrected chi connectivity index (χ2v) is 6.89. The topological polar surface area (TPSA) is 118 Å². The van der Waals surface area contributed by atoms with Gasteiger partial charge in [0.25, 0.3) is 0 Å². The number of aliphatic hydroxyl groups is 2. The van der Waals surface area contributed by atoms with Gasteiger partial charge in [-0.1, -0.05) is 6.08 Å². The van der Waals surface area contributed by atoms with E-state index < -0.39 is 11.6 Å². The Balaban J connectivity index is 1.71. The zero-order chi connectivity index (χ0) is 18.6. The summed E-state index contributed by atoms with van der Waals surface area (Å²) in [5, 5.41) is 22.1. The van der Waals surface area contributed by atoms with Crippen molar-refractivity contribution in [3.63, 3.8) is 0 Å². The number of methoxy groups -OCH3 is 1. The first kappa shape index (κ1) is 17.4. The lowest BCUT2D eigenvalue weighted by atomic mass is 9.83. The highest BCUT2D eigenvalue weighted by Gasteiger charge is 2.72. The number of hydrogen-bond acceptors (Lipinski definition) is 8. The number of allylic oxidation sites excluding steroid dienone is 2. The fourth-order valence-electron chi connectivity index (χ4n) is 4.57. The third-order valence-corrected chi connectivity index (χ3v) is 5.76. The Morgan fingerprint density at radius 2 is 2.08 bits per heavy atom. The third-order valence-electron chi connectivity index (χ3n) is 5.76. The van der Waals surface area contributed by atoms with Crippen LogP contribution in [0.25, 0.3) is 0 Å². The second kappa shape index (κ2) is 6.02. The molecule has 4 aliphatic rings. The first-order chi connectivity index (χ1) is 12.5. The predicted molar refractivity (Wildman–Crippen MR) is 89.7 cm³/mol. The monoisotopic (exact) mass is 362 g/mol. The summed E-state index contributed by atoms with van der Waals surface area (Å²) in [6.07, 6.45) is 3.07. The molecule has 0 amide bonds. The molecule has 2 saturated heterocycles. The summed E-state index contributed by atoms with van der Waals surface area (Å²) < 4.78 is 11.3. The van der Waals surface area contributed by atoms with Crippen molar-refractivity contribution >= 4 is 11.6 Å². The van der Waals surface area contributed by atoms with E-state index in [-0.39, 0.29) is 60.4 Å². The molecule has 0 radical (unpaired) electrons. The van der Waals surface area contributed by atoms with Gasteiger partial charge in [0, 0.05) is 30.8 Å². The highest BCUT2D eigenvalue weighted by molar-refractivity contribution is 6.25. The molecular weight excluding hydrogens is 340 g/mol. The van der Waals surface area contributed by atoms with Gasteiger partial charge in [0.2, 0.25) is 11.6 Å². The number of piperazine rings is 1. The normalized spacial score (nSPS) is 35.4. The maximum Gasteiger partial charge on any atom is 0.226 e. The molecule has 0 aromatic heterocycles. The van der Waals surface area contributed by atoms with Crippen molar-refractivity contribution in [1.82, 2.24) is 10.2 Å². The first-order valence-corrected chi connectivity index (χ1v) is 8.65. The van der Waals surface area contributed by atoms with Crippen LogP contribution < -0.4 is 5.32 Å². The van der Waals surface area contributed by atoms with E-state index in [2.05, 4.69) is 5.32 Å². The van der Waals surface area contributed by atoms with Crippen molar-refractivity contribution in [2.75, 3.05) is 33.5 Å². The molecule has 0 aromatic carbocycles. The Hall–Kier alpha value is -2.00. The molecule has 4 unspecified atom stereocenters. The summed E-state index contributed by atoms with van der Waals surface area (Å²) in [4.78, 5) is 28.0. The molecule has 0 spiro atoms. The van der Waals surface area contributed by atoms with Gasteiger partial charge in [-0.05, 0) is 13.0 Å². The molecule has 1 aliphatic carbocycles. The maximum absolute atomic E-state index is 13.1. The van der Waals surface area contributed by atoms with Crippen LogP contribution in [0.5, 0.6) is 0 Å². The number of rotatable bonds is 6. The van der Waals surface area contributed by atoms with Gasteiger partial charge >= 0.3 is 0 Å². The number of carbonyl (C=O) groups is 2. The number of Topliss-reactive ketones (excluding diaryl/α,β-unsaturated/α-hetero) is 2. The zero-order valence-corrected chi connectivity index (χ0v) is 14.7. The van der Waals surface area contributed by atoms with Crippen LogP contribution in [0.2, 0.25) is 0 Å². The van der Waals surface area contributed by atoms with Crippen molar-refractivity contribution in [2.24, 2.45) is 5.92 Å². The number of fused-ring (bicyclic) bond motifs is 4. The Bertz CT molecular complexity index is 770. The molecular formula is C18H22N2O6. The minimum absolute atomic E-state index is 0.00234. The van der Waals surface area contributed by atoms with Crippen molar-refractivity contribution in [3.05, 3.63) is 34.8 Å². The minimum Gasteiger partial charge on any atom is -0.485 e. The lowest BCUT2D eigenvalue weighted by molar-refractivity contribution is -0.137. The molecule has 3 heterocycles. The summed E-state index contributed by atoms with van der Waals surface area (Å²) in [5.74, 6) is -1.26. The van der Waals surface area contributed by atoms with Crippen LogP contribution >= 0.6 is 0 Å². The third kappa shape index (κ3) is 2.04. The molecule has 8 nitrogen and oxygen atoms in total. The summed E-state index contributed by atoms with van der Waals surface area (Å²) in [5.41, 5.74) is -0.0516. The SMILES string of the molecule is COC12C(CO)C3=C(C(=O)C(C)=C(OCC=CCO)C3=O)N1CC1NC12. The average Bonchev–Trinajstić information content (AvgIpc) is 3.25. The predicted octanol–water partition coefficient (Wildman–Crippen LogP) is -1.15. The first-order valence-electron chi connectivity index (χ1n) is 8.65. The molecule has 0 saturated carbocycles. The highest BCUT2D eigenvalue weighted by Crippen LogP contribution is 2.55. The summed E-state index contributed by atoms with van der Waals surface area (Å²) in [6, 6.07) is 0.180. The van der Waals surface area contributed by atoms with E-state index in [9.17, 15) is 14.7 Å². The Labute approximate surface area is 150 Å². The quantitative estimate of drug-likeness (QED) is 0.308. The van der Waals surface area contributed by atoms with Crippen LogP contribution in [0.4, 0.5) is 0 Å². The van der Waals surface area contributed by atoms with Gasteiger partial charge in [-0.2, -0.15) is 0 Å². The number of carbonyl (C=O) groups excluding carboxylic acids is 2. The largest absolute Gasteiger partial charge is 0.485 e. The number of nitrogens with one attached hydrogen (secondary N) is 1. The van der Waals surface area contributed by atoms with Gasteiger partial charge in [0.15, 0.2) is 11.5 Å². The van der Waals surface area contributed by atoms with Crippen molar-refractivity contribution in [1.29, 1.82) is 0 Å². The van der Waals surface area contributed by atoms with Crippen LogP contribution in [0.3, 0.4) is 0 Å². The van der Waals surface area contributed by atoms with Gasteiger partial charge in [0.05, 0.1) is 30.9 Å². The van der Waals surface area contributed by atoms with Gasteiger partial charge in [0.1, 0.15) is 6.61 Å². The van der Waals surface area contributed by atoms with Crippen molar-refractivity contribution in [3.8, 4) is 0 Å². The molecule has 4 rings (SSSR count). The van der Waals surface area contributed by atoms with E-state index >= 15 is 0 Å². The van der Waals surface area contributed by atoms with Crippen LogP contribution in [0.1, 0.15) is 6.92 Å². The number of nitrogens with zero attached hydrogens (tertiary/aromatic N) is 1. The smallest absolute Gasteiger partial charge is 0.226 e. The minimum atomic E-state index is -0.915.